The van der Waals surface area contributed by atoms with Gasteiger partial charge in [0, 0.05) is 24.6 Å². The van der Waals surface area contributed by atoms with E-state index in [-0.39, 0.29) is 17.5 Å². The third-order valence-corrected chi connectivity index (χ3v) is 5.21. The number of carbonyl (C=O) groups excluding carboxylic acids is 1. The molecule has 3 atom stereocenters. The van der Waals surface area contributed by atoms with Crippen molar-refractivity contribution in [1.29, 1.82) is 0 Å². The molecular weight excluding hydrogens is 331 g/mol. The summed E-state index contributed by atoms with van der Waals surface area (Å²) in [5.74, 6) is -3.76. The van der Waals surface area contributed by atoms with Crippen LogP contribution in [0.1, 0.15) is 37.2 Å². The number of allylic oxidation sites excluding steroid dienone is 1. The van der Waals surface area contributed by atoms with E-state index in [0.717, 1.165) is 31.0 Å². The van der Waals surface area contributed by atoms with E-state index in [9.17, 15) is 18.0 Å². The van der Waals surface area contributed by atoms with Gasteiger partial charge in [-0.3, -0.25) is 9.69 Å². The Kier molecular flexibility index (Phi) is 5.15. The highest BCUT2D eigenvalue weighted by molar-refractivity contribution is 5.80. The zero-order valence-corrected chi connectivity index (χ0v) is 13.9. The molecule has 136 valence electrons. The highest BCUT2D eigenvalue weighted by atomic mass is 19.2. The topological polar surface area (TPSA) is 72.4 Å². The molecule has 1 saturated heterocycles. The van der Waals surface area contributed by atoms with Crippen molar-refractivity contribution in [2.24, 2.45) is 11.5 Å². The second-order valence-electron chi connectivity index (χ2n) is 6.89. The number of halogens is 3. The molecule has 3 rings (SSSR count). The maximum Gasteiger partial charge on any atom is 0.234 e. The van der Waals surface area contributed by atoms with Gasteiger partial charge in [0.2, 0.25) is 5.91 Å². The van der Waals surface area contributed by atoms with Gasteiger partial charge in [-0.15, -0.1) is 0 Å². The van der Waals surface area contributed by atoms with Gasteiger partial charge >= 0.3 is 0 Å². The minimum absolute atomic E-state index is 0.109. The molecule has 1 heterocycles. The first kappa shape index (κ1) is 17.9. The summed E-state index contributed by atoms with van der Waals surface area (Å²) in [6.07, 6.45) is 4.62. The molecule has 25 heavy (non-hydrogen) atoms. The van der Waals surface area contributed by atoms with Crippen LogP contribution in [-0.4, -0.2) is 36.0 Å². The average Bonchev–Trinajstić information content (AvgIpc) is 3.00. The lowest BCUT2D eigenvalue weighted by Crippen LogP contribution is -2.42. The maximum absolute atomic E-state index is 14.0. The van der Waals surface area contributed by atoms with Gasteiger partial charge in [-0.05, 0) is 43.9 Å². The number of nitrogens with zero attached hydrogens (tertiary/aromatic N) is 1. The number of benzene rings is 1. The SMILES string of the molecule is NC(=O)[C@@H]1CCCN1CC1=CC[C@@H](c2cc(F)c(F)cc2F)[C@H](N)C1. The van der Waals surface area contributed by atoms with Crippen molar-refractivity contribution >= 4 is 5.91 Å². The molecule has 1 fully saturated rings. The van der Waals surface area contributed by atoms with Crippen molar-refractivity contribution < 1.29 is 18.0 Å². The van der Waals surface area contributed by atoms with Crippen LogP contribution in [0.3, 0.4) is 0 Å². The van der Waals surface area contributed by atoms with E-state index in [0.29, 0.717) is 25.5 Å². The Bertz CT molecular complexity index is 707. The number of hydrogen-bond donors (Lipinski definition) is 2. The molecule has 0 unspecified atom stereocenters. The number of nitrogens with two attached hydrogens (primary N) is 2. The Balaban J connectivity index is 1.73. The monoisotopic (exact) mass is 353 g/mol. The van der Waals surface area contributed by atoms with Crippen LogP contribution in [0.25, 0.3) is 0 Å². The van der Waals surface area contributed by atoms with Gasteiger partial charge in [0.1, 0.15) is 5.82 Å². The lowest BCUT2D eigenvalue weighted by atomic mass is 9.80. The molecule has 0 aromatic heterocycles. The molecule has 0 bridgehead atoms. The molecule has 1 aromatic rings. The van der Waals surface area contributed by atoms with Crippen LogP contribution in [0.15, 0.2) is 23.8 Å². The summed E-state index contributed by atoms with van der Waals surface area (Å²) in [5, 5.41) is 0. The average molecular weight is 353 g/mol. The number of hydrogen-bond acceptors (Lipinski definition) is 3. The van der Waals surface area contributed by atoms with Gasteiger partial charge < -0.3 is 11.5 Å². The van der Waals surface area contributed by atoms with Gasteiger partial charge in [0.15, 0.2) is 11.6 Å². The first-order valence-corrected chi connectivity index (χ1v) is 8.48. The lowest BCUT2D eigenvalue weighted by molar-refractivity contribution is -0.122. The summed E-state index contributed by atoms with van der Waals surface area (Å²) in [6.45, 7) is 1.41. The largest absolute Gasteiger partial charge is 0.368 e. The third-order valence-electron chi connectivity index (χ3n) is 5.21. The van der Waals surface area contributed by atoms with Crippen molar-refractivity contribution in [3.63, 3.8) is 0 Å². The molecule has 1 amide bonds. The van der Waals surface area contributed by atoms with E-state index in [4.69, 9.17) is 11.5 Å². The van der Waals surface area contributed by atoms with Gasteiger partial charge in [-0.2, -0.15) is 0 Å². The van der Waals surface area contributed by atoms with Crippen LogP contribution in [-0.2, 0) is 4.79 Å². The number of rotatable bonds is 4. The molecule has 7 heteroatoms. The summed E-state index contributed by atoms with van der Waals surface area (Å²) < 4.78 is 40.6. The van der Waals surface area contributed by atoms with Crippen LogP contribution in [0, 0.1) is 17.5 Å². The van der Waals surface area contributed by atoms with E-state index in [1.54, 1.807) is 0 Å². The molecule has 1 aliphatic carbocycles. The Morgan fingerprint density at radius 1 is 1.20 bits per heavy atom. The Morgan fingerprint density at radius 2 is 1.92 bits per heavy atom. The molecule has 1 aromatic carbocycles. The zero-order valence-electron chi connectivity index (χ0n) is 13.9. The fourth-order valence-electron chi connectivity index (χ4n) is 3.90. The van der Waals surface area contributed by atoms with Gasteiger partial charge in [-0.1, -0.05) is 11.6 Å². The van der Waals surface area contributed by atoms with Crippen LogP contribution in [0.2, 0.25) is 0 Å². The lowest BCUT2D eigenvalue weighted by Gasteiger charge is -2.32. The third kappa shape index (κ3) is 3.72. The molecule has 4 nitrogen and oxygen atoms in total. The highest BCUT2D eigenvalue weighted by Gasteiger charge is 2.32. The summed E-state index contributed by atoms with van der Waals surface area (Å²) in [5.41, 5.74) is 12.8. The van der Waals surface area contributed by atoms with Crippen molar-refractivity contribution in [2.75, 3.05) is 13.1 Å². The summed E-state index contributed by atoms with van der Waals surface area (Å²) in [4.78, 5) is 13.5. The molecule has 4 N–H and O–H groups in total. The fourth-order valence-corrected chi connectivity index (χ4v) is 3.90. The molecular formula is C18H22F3N3O. The number of carbonyl (C=O) groups is 1. The quantitative estimate of drug-likeness (QED) is 0.644. The van der Waals surface area contributed by atoms with Crippen molar-refractivity contribution in [1.82, 2.24) is 4.90 Å². The Labute approximate surface area is 144 Å². The van der Waals surface area contributed by atoms with Crippen molar-refractivity contribution in [3.05, 3.63) is 46.8 Å². The van der Waals surface area contributed by atoms with Gasteiger partial charge in [0.25, 0.3) is 0 Å². The van der Waals surface area contributed by atoms with E-state index in [2.05, 4.69) is 0 Å². The van der Waals surface area contributed by atoms with E-state index in [1.807, 2.05) is 11.0 Å². The Morgan fingerprint density at radius 3 is 2.60 bits per heavy atom. The first-order valence-electron chi connectivity index (χ1n) is 8.48. The number of primary amides is 1. The maximum atomic E-state index is 14.0. The minimum atomic E-state index is -1.20. The minimum Gasteiger partial charge on any atom is -0.368 e. The molecule has 0 saturated carbocycles. The summed E-state index contributed by atoms with van der Waals surface area (Å²) in [7, 11) is 0. The van der Waals surface area contributed by atoms with Gasteiger partial charge in [0.05, 0.1) is 6.04 Å². The molecule has 0 radical (unpaired) electrons. The van der Waals surface area contributed by atoms with Crippen LogP contribution in [0.4, 0.5) is 13.2 Å². The number of amides is 1. The van der Waals surface area contributed by atoms with Crippen molar-refractivity contribution in [3.8, 4) is 0 Å². The Hall–Kier alpha value is -1.86. The van der Waals surface area contributed by atoms with E-state index < -0.39 is 29.4 Å². The van der Waals surface area contributed by atoms with Crippen molar-refractivity contribution in [2.45, 2.75) is 43.7 Å². The highest BCUT2D eigenvalue weighted by Crippen LogP contribution is 2.34. The second kappa shape index (κ2) is 7.17. The van der Waals surface area contributed by atoms with E-state index in [1.165, 1.54) is 0 Å². The summed E-state index contributed by atoms with van der Waals surface area (Å²) in [6, 6.07) is 0.822. The molecule has 0 spiro atoms. The summed E-state index contributed by atoms with van der Waals surface area (Å²) >= 11 is 0. The molecule has 1 aliphatic heterocycles. The normalized spacial score (nSPS) is 27.4. The number of likely N-dealkylation sites (tertiary alicyclic amines) is 1. The predicted octanol–water partition coefficient (Wildman–Crippen LogP) is 2.18. The van der Waals surface area contributed by atoms with E-state index >= 15 is 0 Å². The van der Waals surface area contributed by atoms with Crippen LogP contribution >= 0.6 is 0 Å². The predicted molar refractivity (Wildman–Crippen MR) is 88.1 cm³/mol. The standard InChI is InChI=1S/C18H22F3N3O/c19-13-8-15(21)14(20)7-12(13)11-4-3-10(6-16(11)22)9-24-5-1-2-17(24)18(23)25/h3,7-8,11,16-17H,1-2,4-6,9,22H2,(H2,23,25)/t11-,16+,17-/m0/s1. The fraction of sp³-hybridized carbons (Fsp3) is 0.500. The second-order valence-corrected chi connectivity index (χ2v) is 6.89. The van der Waals surface area contributed by atoms with Crippen LogP contribution < -0.4 is 11.5 Å². The smallest absolute Gasteiger partial charge is 0.234 e. The molecule has 2 aliphatic rings. The van der Waals surface area contributed by atoms with Crippen LogP contribution in [0.5, 0.6) is 0 Å². The first-order chi connectivity index (χ1) is 11.9. The van der Waals surface area contributed by atoms with Gasteiger partial charge in [-0.25, -0.2) is 13.2 Å². The zero-order chi connectivity index (χ0) is 18.1.